The second kappa shape index (κ2) is 5.05. The third-order valence-electron chi connectivity index (χ3n) is 3.12. The summed E-state index contributed by atoms with van der Waals surface area (Å²) in [5.74, 6) is 0.692. The Hall–Kier alpha value is -1.81. The fraction of sp³-hybridized carbons (Fsp3) is 0.286. The molecule has 0 saturated carbocycles. The van der Waals surface area contributed by atoms with Gasteiger partial charge in [-0.05, 0) is 31.0 Å². The van der Waals surface area contributed by atoms with Crippen LogP contribution in [-0.2, 0) is 7.05 Å². The van der Waals surface area contributed by atoms with Crippen LogP contribution in [0.3, 0.4) is 0 Å². The number of imidazole rings is 1. The van der Waals surface area contributed by atoms with Crippen LogP contribution >= 0.6 is 11.6 Å². The van der Waals surface area contributed by atoms with Gasteiger partial charge in [-0.15, -0.1) is 0 Å². The maximum Gasteiger partial charge on any atom is 0.232 e. The lowest BCUT2D eigenvalue weighted by atomic mass is 10.00. The molecule has 0 amide bonds. The second-order valence-electron chi connectivity index (χ2n) is 4.40. The number of halogens is 1. The summed E-state index contributed by atoms with van der Waals surface area (Å²) in [6, 6.07) is 1.77. The van der Waals surface area contributed by atoms with Crippen molar-refractivity contribution >= 4 is 17.4 Å². The molecule has 1 heterocycles. The van der Waals surface area contributed by atoms with E-state index in [0.717, 1.165) is 5.56 Å². The molecule has 100 valence electrons. The predicted molar refractivity (Wildman–Crippen MR) is 74.1 cm³/mol. The number of hydrogen-bond acceptors (Lipinski definition) is 3. The van der Waals surface area contributed by atoms with Crippen molar-refractivity contribution in [3.63, 3.8) is 0 Å². The van der Waals surface area contributed by atoms with E-state index in [9.17, 15) is 4.79 Å². The molecule has 0 spiro atoms. The molecule has 1 aromatic heterocycles. The van der Waals surface area contributed by atoms with Crippen molar-refractivity contribution in [2.75, 3.05) is 7.11 Å². The zero-order valence-electron chi connectivity index (χ0n) is 11.3. The lowest BCUT2D eigenvalue weighted by Crippen LogP contribution is -2.12. The molecule has 0 radical (unpaired) electrons. The first-order valence-electron chi connectivity index (χ1n) is 5.83. The monoisotopic (exact) mass is 278 g/mol. The fourth-order valence-electron chi connectivity index (χ4n) is 2.06. The van der Waals surface area contributed by atoms with Gasteiger partial charge in [0.2, 0.25) is 5.78 Å². The minimum absolute atomic E-state index is 0.191. The summed E-state index contributed by atoms with van der Waals surface area (Å²) in [6.45, 7) is 3.70. The van der Waals surface area contributed by atoms with Crippen LogP contribution in [0.15, 0.2) is 18.5 Å². The third-order valence-corrected chi connectivity index (χ3v) is 3.70. The van der Waals surface area contributed by atoms with Crippen LogP contribution in [-0.4, -0.2) is 22.4 Å². The molecule has 0 aliphatic rings. The number of methoxy groups -OCH3 is 1. The van der Waals surface area contributed by atoms with Crippen molar-refractivity contribution in [1.82, 2.24) is 9.55 Å². The summed E-state index contributed by atoms with van der Waals surface area (Å²) in [4.78, 5) is 16.6. The average Bonchev–Trinajstić information content (AvgIpc) is 2.81. The number of benzene rings is 1. The standard InChI is InChI=1S/C14H15ClN2O2/c1-8-7-10(19-4)11(9(2)12(8)15)13(18)14-16-5-6-17(14)3/h5-7H,1-4H3. The van der Waals surface area contributed by atoms with E-state index in [-0.39, 0.29) is 5.78 Å². The van der Waals surface area contributed by atoms with E-state index in [2.05, 4.69) is 4.98 Å². The molecule has 5 heteroatoms. The van der Waals surface area contributed by atoms with E-state index in [1.54, 1.807) is 30.1 Å². The van der Waals surface area contributed by atoms with Crippen LogP contribution in [0.5, 0.6) is 5.75 Å². The summed E-state index contributed by atoms with van der Waals surface area (Å²) in [7, 11) is 3.31. The van der Waals surface area contributed by atoms with Crippen LogP contribution in [0.2, 0.25) is 5.02 Å². The first kappa shape index (κ1) is 13.6. The largest absolute Gasteiger partial charge is 0.496 e. The first-order chi connectivity index (χ1) is 8.97. The molecule has 19 heavy (non-hydrogen) atoms. The summed E-state index contributed by atoms with van der Waals surface area (Å²) in [6.07, 6.45) is 3.32. The van der Waals surface area contributed by atoms with Crippen molar-refractivity contribution in [3.05, 3.63) is 46.0 Å². The van der Waals surface area contributed by atoms with Gasteiger partial charge >= 0.3 is 0 Å². The number of carbonyl (C=O) groups excluding carboxylic acids is 1. The van der Waals surface area contributed by atoms with E-state index in [4.69, 9.17) is 16.3 Å². The Labute approximate surface area is 117 Å². The Kier molecular flexibility index (Phi) is 3.62. The summed E-state index contributed by atoms with van der Waals surface area (Å²) >= 11 is 6.22. The highest BCUT2D eigenvalue weighted by Gasteiger charge is 2.23. The van der Waals surface area contributed by atoms with Crippen LogP contribution in [0.1, 0.15) is 27.3 Å². The lowest BCUT2D eigenvalue weighted by Gasteiger charge is -2.14. The SMILES string of the molecule is COc1cc(C)c(Cl)c(C)c1C(=O)c1nccn1C. The number of nitrogens with zero attached hydrogens (tertiary/aromatic N) is 2. The fourth-order valence-corrected chi connectivity index (χ4v) is 2.21. The van der Waals surface area contributed by atoms with Gasteiger partial charge in [-0.2, -0.15) is 0 Å². The smallest absolute Gasteiger partial charge is 0.232 e. The number of aromatic nitrogens is 2. The van der Waals surface area contributed by atoms with E-state index in [1.807, 2.05) is 13.8 Å². The Balaban J connectivity index is 2.65. The van der Waals surface area contributed by atoms with Crippen LogP contribution in [0.4, 0.5) is 0 Å². The zero-order chi connectivity index (χ0) is 14.2. The van der Waals surface area contributed by atoms with Gasteiger partial charge in [0, 0.05) is 24.5 Å². The Morgan fingerprint density at radius 2 is 2.11 bits per heavy atom. The molecule has 0 bridgehead atoms. The average molecular weight is 279 g/mol. The topological polar surface area (TPSA) is 44.1 Å². The Bertz CT molecular complexity index is 647. The highest BCUT2D eigenvalue weighted by molar-refractivity contribution is 6.33. The molecule has 0 aliphatic carbocycles. The van der Waals surface area contributed by atoms with E-state index in [1.165, 1.54) is 7.11 Å². The quantitative estimate of drug-likeness (QED) is 0.811. The Morgan fingerprint density at radius 3 is 2.63 bits per heavy atom. The van der Waals surface area contributed by atoms with Crippen LogP contribution < -0.4 is 4.74 Å². The number of rotatable bonds is 3. The molecule has 2 rings (SSSR count). The Morgan fingerprint density at radius 1 is 1.42 bits per heavy atom. The number of ketones is 1. The predicted octanol–water partition coefficient (Wildman–Crippen LogP) is 2.93. The van der Waals surface area contributed by atoms with Gasteiger partial charge < -0.3 is 9.30 Å². The van der Waals surface area contributed by atoms with Crippen molar-refractivity contribution in [2.45, 2.75) is 13.8 Å². The number of ether oxygens (including phenoxy) is 1. The number of hydrogen-bond donors (Lipinski definition) is 0. The van der Waals surface area contributed by atoms with E-state index in [0.29, 0.717) is 27.7 Å². The minimum atomic E-state index is -0.191. The van der Waals surface area contributed by atoms with Gasteiger partial charge in [0.1, 0.15) is 5.75 Å². The molecule has 0 N–H and O–H groups in total. The molecule has 4 nitrogen and oxygen atoms in total. The molecule has 0 fully saturated rings. The number of carbonyl (C=O) groups is 1. The molecule has 1 aromatic carbocycles. The van der Waals surface area contributed by atoms with Crippen LogP contribution in [0.25, 0.3) is 0 Å². The molecular formula is C14H15ClN2O2. The highest BCUT2D eigenvalue weighted by Crippen LogP contribution is 2.32. The normalized spacial score (nSPS) is 10.6. The van der Waals surface area contributed by atoms with Crippen molar-refractivity contribution in [2.24, 2.45) is 7.05 Å². The zero-order valence-corrected chi connectivity index (χ0v) is 12.1. The second-order valence-corrected chi connectivity index (χ2v) is 4.78. The van der Waals surface area contributed by atoms with E-state index < -0.39 is 0 Å². The van der Waals surface area contributed by atoms with Crippen molar-refractivity contribution in [1.29, 1.82) is 0 Å². The van der Waals surface area contributed by atoms with Gasteiger partial charge in [0.25, 0.3) is 0 Å². The molecule has 0 saturated heterocycles. The maximum absolute atomic E-state index is 12.6. The number of aryl methyl sites for hydroxylation is 2. The van der Waals surface area contributed by atoms with Crippen molar-refractivity contribution < 1.29 is 9.53 Å². The van der Waals surface area contributed by atoms with E-state index >= 15 is 0 Å². The van der Waals surface area contributed by atoms with Crippen molar-refractivity contribution in [3.8, 4) is 5.75 Å². The van der Waals surface area contributed by atoms with Crippen LogP contribution in [0, 0.1) is 13.8 Å². The third kappa shape index (κ3) is 2.24. The molecule has 0 aliphatic heterocycles. The first-order valence-corrected chi connectivity index (χ1v) is 6.20. The lowest BCUT2D eigenvalue weighted by molar-refractivity contribution is 0.102. The summed E-state index contributed by atoms with van der Waals surface area (Å²) < 4.78 is 6.98. The summed E-state index contributed by atoms with van der Waals surface area (Å²) in [5, 5.41) is 0.582. The maximum atomic E-state index is 12.6. The molecule has 0 atom stereocenters. The molecule has 2 aromatic rings. The molecule has 0 unspecified atom stereocenters. The van der Waals surface area contributed by atoms with Gasteiger partial charge in [-0.25, -0.2) is 4.98 Å². The van der Waals surface area contributed by atoms with Gasteiger partial charge in [0.05, 0.1) is 12.7 Å². The minimum Gasteiger partial charge on any atom is -0.496 e. The van der Waals surface area contributed by atoms with Gasteiger partial charge in [0.15, 0.2) is 5.82 Å². The molecular weight excluding hydrogens is 264 g/mol. The highest BCUT2D eigenvalue weighted by atomic mass is 35.5. The van der Waals surface area contributed by atoms with Gasteiger partial charge in [-0.1, -0.05) is 11.6 Å². The van der Waals surface area contributed by atoms with Gasteiger partial charge in [-0.3, -0.25) is 4.79 Å². The summed E-state index contributed by atoms with van der Waals surface area (Å²) in [5.41, 5.74) is 2.06.